The summed E-state index contributed by atoms with van der Waals surface area (Å²) in [6.07, 6.45) is 1.68. The van der Waals surface area contributed by atoms with E-state index in [2.05, 4.69) is 11.4 Å². The number of hydrogen-bond acceptors (Lipinski definition) is 4. The highest BCUT2D eigenvalue weighted by Gasteiger charge is 2.18. The van der Waals surface area contributed by atoms with Crippen LogP contribution >= 0.6 is 0 Å². The number of nitrogens with one attached hydrogen (secondary N) is 1. The van der Waals surface area contributed by atoms with Crippen molar-refractivity contribution in [3.63, 3.8) is 0 Å². The molecule has 2 N–H and O–H groups in total. The highest BCUT2D eigenvalue weighted by molar-refractivity contribution is 6.04. The first-order valence-corrected chi connectivity index (χ1v) is 13.1. The predicted molar refractivity (Wildman–Crippen MR) is 157 cm³/mol. The van der Waals surface area contributed by atoms with Gasteiger partial charge in [0.1, 0.15) is 6.04 Å². The zero-order valence-electron chi connectivity index (χ0n) is 22.6. The van der Waals surface area contributed by atoms with Crippen LogP contribution in [0.5, 0.6) is 0 Å². The van der Waals surface area contributed by atoms with Gasteiger partial charge >= 0.3 is 5.97 Å². The molecule has 4 rings (SSSR count). The van der Waals surface area contributed by atoms with Crippen LogP contribution in [0.3, 0.4) is 0 Å². The number of hydrogen-bond donors (Lipinski definition) is 2. The first kappa shape index (κ1) is 28.0. The second-order valence-electron chi connectivity index (χ2n) is 9.72. The van der Waals surface area contributed by atoms with Crippen molar-refractivity contribution >= 4 is 17.7 Å². The summed E-state index contributed by atoms with van der Waals surface area (Å²) >= 11 is 0. The number of ketones is 1. The van der Waals surface area contributed by atoms with Crippen molar-refractivity contribution in [3.8, 4) is 11.1 Å². The van der Waals surface area contributed by atoms with Gasteiger partial charge in [0.25, 0.3) is 5.91 Å². The summed E-state index contributed by atoms with van der Waals surface area (Å²) in [6.45, 7) is 2.17. The van der Waals surface area contributed by atoms with Crippen molar-refractivity contribution in [1.29, 1.82) is 0 Å². The largest absolute Gasteiger partial charge is 0.480 e. The molecule has 0 aliphatic heterocycles. The lowest BCUT2D eigenvalue weighted by atomic mass is 9.99. The molecule has 0 unspecified atom stereocenters. The zero-order chi connectivity index (χ0) is 28.5. The van der Waals surface area contributed by atoms with Gasteiger partial charge < -0.3 is 15.3 Å². The highest BCUT2D eigenvalue weighted by Crippen LogP contribution is 2.22. The van der Waals surface area contributed by atoms with Crippen molar-refractivity contribution in [1.82, 2.24) is 10.2 Å². The van der Waals surface area contributed by atoms with Gasteiger partial charge in [-0.1, -0.05) is 91.0 Å². The third-order valence-electron chi connectivity index (χ3n) is 6.55. The molecule has 0 radical (unpaired) electrons. The SMILES string of the molecule is C/C(=C\C(=O)c1ccccc1)N[C@@H](Cc1ccc(-c2cccc(CN(C)C(=O)c3ccccc3)c2)cc1)C(=O)O. The molecule has 0 aliphatic carbocycles. The number of carbonyl (C=O) groups is 3. The van der Waals surface area contributed by atoms with Crippen LogP contribution in [0.4, 0.5) is 0 Å². The van der Waals surface area contributed by atoms with E-state index in [1.54, 1.807) is 43.1 Å². The monoisotopic (exact) mass is 532 g/mol. The summed E-state index contributed by atoms with van der Waals surface area (Å²) in [5, 5.41) is 12.7. The van der Waals surface area contributed by atoms with Crippen LogP contribution < -0.4 is 5.32 Å². The molecule has 0 heterocycles. The fourth-order valence-electron chi connectivity index (χ4n) is 4.46. The molecule has 0 fully saturated rings. The molecule has 1 amide bonds. The standard InChI is InChI=1S/C34H32N2O4/c1-24(20-32(37)28-11-5-3-6-12-28)35-31(34(39)40)22-25-16-18-27(19-17-25)30-15-9-10-26(21-30)23-36(2)33(38)29-13-7-4-8-14-29/h3-21,31,35H,22-23H2,1-2H3,(H,39,40)/b24-20+/t31-/m0/s1. The maximum atomic E-state index is 12.7. The number of carboxylic acids is 1. The molecule has 0 aliphatic rings. The van der Waals surface area contributed by atoms with Crippen molar-refractivity contribution in [2.45, 2.75) is 25.9 Å². The maximum Gasteiger partial charge on any atom is 0.326 e. The van der Waals surface area contributed by atoms with Gasteiger partial charge in [-0.2, -0.15) is 0 Å². The summed E-state index contributed by atoms with van der Waals surface area (Å²) in [5.74, 6) is -1.21. The van der Waals surface area contributed by atoms with Gasteiger partial charge in [-0.3, -0.25) is 9.59 Å². The Balaban J connectivity index is 1.40. The van der Waals surface area contributed by atoms with E-state index in [1.807, 2.05) is 78.9 Å². The van der Waals surface area contributed by atoms with Crippen molar-refractivity contribution in [2.24, 2.45) is 0 Å². The Morgan fingerprint density at radius 2 is 1.40 bits per heavy atom. The van der Waals surface area contributed by atoms with Gasteiger partial charge in [-0.15, -0.1) is 0 Å². The summed E-state index contributed by atoms with van der Waals surface area (Å²) in [7, 11) is 1.79. The summed E-state index contributed by atoms with van der Waals surface area (Å²) in [5.41, 5.74) is 5.56. The van der Waals surface area contributed by atoms with Crippen LogP contribution in [0.1, 0.15) is 38.8 Å². The fraction of sp³-hybridized carbons (Fsp3) is 0.147. The van der Waals surface area contributed by atoms with Crippen molar-refractivity contribution in [2.75, 3.05) is 7.05 Å². The summed E-state index contributed by atoms with van der Waals surface area (Å²) < 4.78 is 0. The van der Waals surface area contributed by atoms with E-state index in [9.17, 15) is 19.5 Å². The zero-order valence-corrected chi connectivity index (χ0v) is 22.6. The minimum atomic E-state index is -0.995. The van der Waals surface area contributed by atoms with Gasteiger partial charge in [0.2, 0.25) is 0 Å². The first-order valence-electron chi connectivity index (χ1n) is 13.1. The van der Waals surface area contributed by atoms with Gasteiger partial charge in [0.15, 0.2) is 5.78 Å². The van der Waals surface area contributed by atoms with E-state index >= 15 is 0 Å². The van der Waals surface area contributed by atoms with E-state index in [0.717, 1.165) is 22.3 Å². The molecule has 0 saturated heterocycles. The summed E-state index contributed by atoms with van der Waals surface area (Å²) in [6, 6.07) is 33.0. The molecule has 4 aromatic rings. The minimum Gasteiger partial charge on any atom is -0.480 e. The Labute approximate surface area is 234 Å². The van der Waals surface area contributed by atoms with E-state index in [1.165, 1.54) is 6.08 Å². The van der Waals surface area contributed by atoms with Crippen LogP contribution in [0.25, 0.3) is 11.1 Å². The van der Waals surface area contributed by atoms with Crippen LogP contribution in [0.2, 0.25) is 0 Å². The number of nitrogens with zero attached hydrogens (tertiary/aromatic N) is 1. The molecular formula is C34H32N2O4. The average Bonchev–Trinajstić information content (AvgIpc) is 2.97. The topological polar surface area (TPSA) is 86.7 Å². The van der Waals surface area contributed by atoms with Crippen LogP contribution in [-0.4, -0.2) is 40.8 Å². The molecule has 0 saturated carbocycles. The average molecular weight is 533 g/mol. The molecule has 4 aromatic carbocycles. The number of rotatable bonds is 11. The first-order chi connectivity index (χ1) is 19.3. The Hall–Kier alpha value is -4.97. The maximum absolute atomic E-state index is 12.7. The van der Waals surface area contributed by atoms with Gasteiger partial charge in [-0.25, -0.2) is 4.79 Å². The Morgan fingerprint density at radius 3 is 2.02 bits per heavy atom. The van der Waals surface area contributed by atoms with E-state index in [4.69, 9.17) is 0 Å². The highest BCUT2D eigenvalue weighted by atomic mass is 16.4. The molecular weight excluding hydrogens is 500 g/mol. The Bertz CT molecular complexity index is 1500. The molecule has 0 bridgehead atoms. The summed E-state index contributed by atoms with van der Waals surface area (Å²) in [4.78, 5) is 38.8. The molecule has 1 atom stereocenters. The molecule has 40 heavy (non-hydrogen) atoms. The number of benzene rings is 4. The van der Waals surface area contributed by atoms with Crippen LogP contribution in [0, 0.1) is 0 Å². The number of carboxylic acid groups (broad SMARTS) is 1. The molecule has 0 aromatic heterocycles. The molecule has 0 spiro atoms. The third-order valence-corrected chi connectivity index (χ3v) is 6.55. The predicted octanol–water partition coefficient (Wildman–Crippen LogP) is 6.00. The van der Waals surface area contributed by atoms with E-state index < -0.39 is 12.0 Å². The quantitative estimate of drug-likeness (QED) is 0.183. The second-order valence-corrected chi connectivity index (χ2v) is 9.72. The number of carbonyl (C=O) groups excluding carboxylic acids is 2. The van der Waals surface area contributed by atoms with Gasteiger partial charge in [0.05, 0.1) is 0 Å². The Kier molecular flexibility index (Phi) is 9.26. The lowest BCUT2D eigenvalue weighted by Crippen LogP contribution is -2.37. The molecule has 6 heteroatoms. The fourth-order valence-corrected chi connectivity index (χ4v) is 4.46. The lowest BCUT2D eigenvalue weighted by Gasteiger charge is -2.18. The second kappa shape index (κ2) is 13.2. The van der Waals surface area contributed by atoms with E-state index in [0.29, 0.717) is 23.4 Å². The smallest absolute Gasteiger partial charge is 0.326 e. The van der Waals surface area contributed by atoms with Crippen molar-refractivity contribution in [3.05, 3.63) is 143 Å². The van der Waals surface area contributed by atoms with Gasteiger partial charge in [-0.05, 0) is 47.4 Å². The lowest BCUT2D eigenvalue weighted by molar-refractivity contribution is -0.139. The van der Waals surface area contributed by atoms with Gasteiger partial charge in [0, 0.05) is 42.9 Å². The molecule has 202 valence electrons. The number of aliphatic carboxylic acids is 1. The Morgan fingerprint density at radius 1 is 0.775 bits per heavy atom. The molecule has 6 nitrogen and oxygen atoms in total. The third kappa shape index (κ3) is 7.54. The van der Waals surface area contributed by atoms with Crippen LogP contribution in [0.15, 0.2) is 121 Å². The van der Waals surface area contributed by atoms with Crippen LogP contribution in [-0.2, 0) is 17.8 Å². The van der Waals surface area contributed by atoms with E-state index in [-0.39, 0.29) is 18.1 Å². The van der Waals surface area contributed by atoms with Crippen molar-refractivity contribution < 1.29 is 19.5 Å². The number of allylic oxidation sites excluding steroid dienone is 2. The normalized spacial score (nSPS) is 11.9. The number of amides is 1. The minimum absolute atomic E-state index is 0.0357.